The first-order chi connectivity index (χ1) is 14.2. The topological polar surface area (TPSA) is 81.9 Å². The molecule has 30 heavy (non-hydrogen) atoms. The van der Waals surface area contributed by atoms with E-state index in [-0.39, 0.29) is 48.3 Å². The SMILES string of the molecule is CCNC(=NCC(=O)Nc1ccc(F)cc1)NCC(c1ccco1)N1CCCC1.I. The van der Waals surface area contributed by atoms with Crippen LogP contribution in [0.5, 0.6) is 0 Å². The molecule has 1 aromatic carbocycles. The number of anilines is 1. The minimum absolute atomic E-state index is 0. The van der Waals surface area contributed by atoms with Gasteiger partial charge in [0.25, 0.3) is 0 Å². The minimum Gasteiger partial charge on any atom is -0.468 e. The number of nitrogens with zero attached hydrogens (tertiary/aromatic N) is 2. The zero-order valence-electron chi connectivity index (χ0n) is 17.1. The molecule has 1 atom stereocenters. The molecule has 1 aliphatic rings. The van der Waals surface area contributed by atoms with Crippen LogP contribution in [0, 0.1) is 5.82 Å². The Kier molecular flexibility index (Phi) is 10.1. The highest BCUT2D eigenvalue weighted by molar-refractivity contribution is 14.0. The fourth-order valence-corrected chi connectivity index (χ4v) is 3.36. The Hall–Kier alpha value is -2.14. The number of furan rings is 1. The van der Waals surface area contributed by atoms with E-state index in [4.69, 9.17) is 4.42 Å². The van der Waals surface area contributed by atoms with Crippen LogP contribution >= 0.6 is 24.0 Å². The fraction of sp³-hybridized carbons (Fsp3) is 0.429. The molecule has 1 fully saturated rings. The predicted molar refractivity (Wildman–Crippen MR) is 127 cm³/mol. The van der Waals surface area contributed by atoms with Gasteiger partial charge in [0, 0.05) is 18.8 Å². The third kappa shape index (κ3) is 7.28. The number of benzene rings is 1. The number of hydrogen-bond donors (Lipinski definition) is 3. The molecular formula is C21H29FIN5O2. The van der Waals surface area contributed by atoms with Gasteiger partial charge >= 0.3 is 0 Å². The first kappa shape index (κ1) is 24.1. The minimum atomic E-state index is -0.344. The predicted octanol–water partition coefficient (Wildman–Crippen LogP) is 3.37. The van der Waals surface area contributed by atoms with Crippen molar-refractivity contribution < 1.29 is 13.6 Å². The monoisotopic (exact) mass is 529 g/mol. The standard InChI is InChI=1S/C21H28FN5O2.HI/c1-2-23-21(25-15-20(28)26-17-9-7-16(22)8-10-17)24-14-18(19-6-5-13-29-19)27-11-3-4-12-27;/h5-10,13,18H,2-4,11-12,14-15H2,1H3,(H,26,28)(H2,23,24,25);1H. The van der Waals surface area contributed by atoms with Gasteiger partial charge in [0.2, 0.25) is 5.91 Å². The lowest BCUT2D eigenvalue weighted by Crippen LogP contribution is -2.43. The van der Waals surface area contributed by atoms with E-state index in [1.54, 1.807) is 6.26 Å². The number of carbonyl (C=O) groups excluding carboxylic acids is 1. The van der Waals surface area contributed by atoms with Crippen LogP contribution < -0.4 is 16.0 Å². The third-order valence-corrected chi connectivity index (χ3v) is 4.77. The Morgan fingerprint density at radius 1 is 1.20 bits per heavy atom. The smallest absolute Gasteiger partial charge is 0.246 e. The lowest BCUT2D eigenvalue weighted by molar-refractivity contribution is -0.114. The van der Waals surface area contributed by atoms with Gasteiger partial charge in [0.1, 0.15) is 18.1 Å². The molecule has 0 spiro atoms. The number of carbonyl (C=O) groups is 1. The summed E-state index contributed by atoms with van der Waals surface area (Å²) < 4.78 is 18.6. The van der Waals surface area contributed by atoms with Gasteiger partial charge in [-0.3, -0.25) is 9.69 Å². The van der Waals surface area contributed by atoms with Crippen LogP contribution in [0.1, 0.15) is 31.6 Å². The largest absolute Gasteiger partial charge is 0.468 e. The van der Waals surface area contributed by atoms with Crippen molar-refractivity contribution in [2.75, 3.05) is 38.0 Å². The molecule has 0 aliphatic carbocycles. The van der Waals surface area contributed by atoms with Crippen molar-refractivity contribution in [3.05, 3.63) is 54.2 Å². The van der Waals surface area contributed by atoms with Gasteiger partial charge in [-0.25, -0.2) is 9.38 Å². The molecule has 1 amide bonds. The number of halogens is 2. The van der Waals surface area contributed by atoms with E-state index < -0.39 is 0 Å². The number of guanidine groups is 1. The van der Waals surface area contributed by atoms with Crippen LogP contribution in [-0.2, 0) is 4.79 Å². The highest BCUT2D eigenvalue weighted by atomic mass is 127. The molecule has 2 aromatic rings. The number of likely N-dealkylation sites (tertiary alicyclic amines) is 1. The summed E-state index contributed by atoms with van der Waals surface area (Å²) >= 11 is 0. The number of hydrogen-bond acceptors (Lipinski definition) is 4. The van der Waals surface area contributed by atoms with Crippen molar-refractivity contribution in [1.82, 2.24) is 15.5 Å². The second-order valence-corrected chi connectivity index (χ2v) is 6.91. The maximum Gasteiger partial charge on any atom is 0.246 e. The zero-order valence-corrected chi connectivity index (χ0v) is 19.4. The third-order valence-electron chi connectivity index (χ3n) is 4.77. The first-order valence-corrected chi connectivity index (χ1v) is 10.0. The molecule has 1 saturated heterocycles. The molecule has 3 N–H and O–H groups in total. The zero-order chi connectivity index (χ0) is 20.5. The molecule has 0 bridgehead atoms. The van der Waals surface area contributed by atoms with Crippen molar-refractivity contribution in [2.24, 2.45) is 4.99 Å². The fourth-order valence-electron chi connectivity index (χ4n) is 3.36. The number of nitrogens with one attached hydrogen (secondary N) is 3. The van der Waals surface area contributed by atoms with Crippen molar-refractivity contribution in [1.29, 1.82) is 0 Å². The molecule has 0 radical (unpaired) electrons. The Labute approximate surface area is 193 Å². The summed E-state index contributed by atoms with van der Waals surface area (Å²) in [7, 11) is 0. The number of amides is 1. The Bertz CT molecular complexity index is 792. The molecule has 2 heterocycles. The quantitative estimate of drug-likeness (QED) is 0.278. The van der Waals surface area contributed by atoms with E-state index in [2.05, 4.69) is 25.8 Å². The molecule has 164 valence electrons. The highest BCUT2D eigenvalue weighted by Crippen LogP contribution is 2.24. The van der Waals surface area contributed by atoms with Gasteiger partial charge in [-0.15, -0.1) is 24.0 Å². The molecule has 7 nitrogen and oxygen atoms in total. The number of rotatable bonds is 8. The van der Waals surface area contributed by atoms with E-state index >= 15 is 0 Å². The van der Waals surface area contributed by atoms with Crippen LogP contribution in [-0.4, -0.2) is 49.5 Å². The van der Waals surface area contributed by atoms with Gasteiger partial charge in [-0.2, -0.15) is 0 Å². The van der Waals surface area contributed by atoms with Crippen LogP contribution in [0.25, 0.3) is 0 Å². The Morgan fingerprint density at radius 3 is 2.57 bits per heavy atom. The first-order valence-electron chi connectivity index (χ1n) is 10.0. The molecule has 9 heteroatoms. The summed E-state index contributed by atoms with van der Waals surface area (Å²) in [5.41, 5.74) is 0.538. The summed E-state index contributed by atoms with van der Waals surface area (Å²) in [6.07, 6.45) is 4.07. The maximum absolute atomic E-state index is 13.0. The second-order valence-electron chi connectivity index (χ2n) is 6.91. The highest BCUT2D eigenvalue weighted by Gasteiger charge is 2.25. The van der Waals surface area contributed by atoms with E-state index in [0.717, 1.165) is 18.8 Å². The molecule has 0 saturated carbocycles. The van der Waals surface area contributed by atoms with Crippen LogP contribution in [0.2, 0.25) is 0 Å². The average Bonchev–Trinajstić information content (AvgIpc) is 3.43. The summed E-state index contributed by atoms with van der Waals surface area (Å²) in [5, 5.41) is 9.19. The molecular weight excluding hydrogens is 500 g/mol. The van der Waals surface area contributed by atoms with Gasteiger partial charge in [0.15, 0.2) is 5.96 Å². The van der Waals surface area contributed by atoms with Crippen molar-refractivity contribution in [2.45, 2.75) is 25.8 Å². The van der Waals surface area contributed by atoms with Crippen molar-refractivity contribution >= 4 is 41.5 Å². The van der Waals surface area contributed by atoms with Gasteiger partial charge < -0.3 is 20.4 Å². The Morgan fingerprint density at radius 2 is 1.93 bits per heavy atom. The van der Waals surface area contributed by atoms with E-state index in [1.807, 2.05) is 19.1 Å². The van der Waals surface area contributed by atoms with Gasteiger partial charge in [-0.1, -0.05) is 0 Å². The summed E-state index contributed by atoms with van der Waals surface area (Å²) in [4.78, 5) is 18.9. The van der Waals surface area contributed by atoms with Gasteiger partial charge in [-0.05, 0) is 69.3 Å². The second kappa shape index (κ2) is 12.5. The van der Waals surface area contributed by atoms with Crippen molar-refractivity contribution in [3.63, 3.8) is 0 Å². The average molecular weight is 529 g/mol. The molecule has 1 aliphatic heterocycles. The van der Waals surface area contributed by atoms with Crippen LogP contribution in [0.4, 0.5) is 10.1 Å². The maximum atomic E-state index is 13.0. The van der Waals surface area contributed by atoms with Crippen LogP contribution in [0.3, 0.4) is 0 Å². The Balaban J connectivity index is 0.00000320. The normalized spacial score (nSPS) is 15.3. The number of aliphatic imine (C=N–C) groups is 1. The van der Waals surface area contributed by atoms with Crippen LogP contribution in [0.15, 0.2) is 52.1 Å². The molecule has 1 aromatic heterocycles. The van der Waals surface area contributed by atoms with E-state index in [9.17, 15) is 9.18 Å². The lowest BCUT2D eigenvalue weighted by Gasteiger charge is -2.26. The summed E-state index contributed by atoms with van der Waals surface area (Å²) in [6, 6.07) is 9.65. The van der Waals surface area contributed by atoms with E-state index in [1.165, 1.54) is 37.1 Å². The lowest BCUT2D eigenvalue weighted by atomic mass is 10.2. The summed E-state index contributed by atoms with van der Waals surface area (Å²) in [5.74, 6) is 0.876. The van der Waals surface area contributed by atoms with E-state index in [0.29, 0.717) is 24.7 Å². The molecule has 3 rings (SSSR count). The molecule has 1 unspecified atom stereocenters. The van der Waals surface area contributed by atoms with Gasteiger partial charge in [0.05, 0.1) is 12.3 Å². The summed E-state index contributed by atoms with van der Waals surface area (Å²) in [6.45, 7) is 5.32. The van der Waals surface area contributed by atoms with Crippen molar-refractivity contribution in [3.8, 4) is 0 Å².